The molecular weight excluding hydrogens is 212 g/mol. The number of aryl methyl sites for hydroxylation is 1. The average molecular weight is 228 g/mol. The van der Waals surface area contributed by atoms with E-state index >= 15 is 0 Å². The third-order valence-electron chi connectivity index (χ3n) is 2.10. The maximum Gasteiger partial charge on any atom is 0.148 e. The summed E-state index contributed by atoms with van der Waals surface area (Å²) < 4.78 is 21.7. The highest BCUT2D eigenvalue weighted by Gasteiger charge is 2.01. The predicted molar refractivity (Wildman–Crippen MR) is 60.4 cm³/mol. The Morgan fingerprint density at radius 3 is 2.80 bits per heavy atom. The third kappa shape index (κ3) is 4.90. The largest absolute Gasteiger partial charge is 0.312 e. The summed E-state index contributed by atoms with van der Waals surface area (Å²) in [5, 5.41) is 3.09. The molecule has 0 aliphatic carbocycles. The maximum atomic E-state index is 10.9. The van der Waals surface area contributed by atoms with Crippen LogP contribution in [0.4, 0.5) is 0 Å². The molecular formula is C10H16N2O2S. The Morgan fingerprint density at radius 1 is 1.47 bits per heavy atom. The van der Waals surface area contributed by atoms with Gasteiger partial charge in [0.05, 0.1) is 5.75 Å². The zero-order chi connectivity index (χ0) is 11.3. The zero-order valence-corrected chi connectivity index (χ0v) is 9.84. The van der Waals surface area contributed by atoms with Crippen LogP contribution in [-0.2, 0) is 16.4 Å². The SMILES string of the molecule is Cc1cnccc1CNCCS(C)(=O)=O. The van der Waals surface area contributed by atoms with Crippen LogP contribution in [0.25, 0.3) is 0 Å². The monoisotopic (exact) mass is 228 g/mol. The van der Waals surface area contributed by atoms with E-state index in [2.05, 4.69) is 10.3 Å². The van der Waals surface area contributed by atoms with Crippen molar-refractivity contribution in [2.24, 2.45) is 0 Å². The van der Waals surface area contributed by atoms with Crippen molar-refractivity contribution in [2.75, 3.05) is 18.6 Å². The molecule has 0 radical (unpaired) electrons. The minimum absolute atomic E-state index is 0.178. The van der Waals surface area contributed by atoms with Gasteiger partial charge in [0.25, 0.3) is 0 Å². The van der Waals surface area contributed by atoms with Crippen molar-refractivity contribution in [3.8, 4) is 0 Å². The highest BCUT2D eigenvalue weighted by Crippen LogP contribution is 2.03. The molecule has 4 nitrogen and oxygen atoms in total. The number of rotatable bonds is 5. The Labute approximate surface area is 90.7 Å². The van der Waals surface area contributed by atoms with E-state index in [0.717, 1.165) is 11.1 Å². The molecule has 1 heterocycles. The van der Waals surface area contributed by atoms with Crippen LogP contribution in [0, 0.1) is 6.92 Å². The van der Waals surface area contributed by atoms with Crippen LogP contribution in [0.5, 0.6) is 0 Å². The van der Waals surface area contributed by atoms with Crippen molar-refractivity contribution in [1.29, 1.82) is 0 Å². The first kappa shape index (κ1) is 12.1. The van der Waals surface area contributed by atoms with Crippen LogP contribution in [0.2, 0.25) is 0 Å². The van der Waals surface area contributed by atoms with E-state index in [-0.39, 0.29) is 5.75 Å². The van der Waals surface area contributed by atoms with Crippen molar-refractivity contribution in [3.63, 3.8) is 0 Å². The maximum absolute atomic E-state index is 10.9. The van der Waals surface area contributed by atoms with Gasteiger partial charge in [-0.05, 0) is 24.1 Å². The molecule has 84 valence electrons. The van der Waals surface area contributed by atoms with E-state index in [4.69, 9.17) is 0 Å². The number of aromatic nitrogens is 1. The quantitative estimate of drug-likeness (QED) is 0.747. The highest BCUT2D eigenvalue weighted by atomic mass is 32.2. The van der Waals surface area contributed by atoms with Crippen LogP contribution in [0.15, 0.2) is 18.5 Å². The molecule has 0 unspecified atom stereocenters. The van der Waals surface area contributed by atoms with Crippen molar-refractivity contribution < 1.29 is 8.42 Å². The lowest BCUT2D eigenvalue weighted by Gasteiger charge is -2.06. The summed E-state index contributed by atoms with van der Waals surface area (Å²) in [5.41, 5.74) is 2.27. The average Bonchev–Trinajstić information content (AvgIpc) is 2.13. The van der Waals surface area contributed by atoms with Gasteiger partial charge in [0, 0.05) is 31.7 Å². The number of hydrogen-bond acceptors (Lipinski definition) is 4. The van der Waals surface area contributed by atoms with Gasteiger partial charge in [-0.1, -0.05) is 0 Å². The second kappa shape index (κ2) is 5.23. The van der Waals surface area contributed by atoms with E-state index < -0.39 is 9.84 Å². The summed E-state index contributed by atoms with van der Waals surface area (Å²) in [6.45, 7) is 3.16. The van der Waals surface area contributed by atoms with Gasteiger partial charge in [0.15, 0.2) is 0 Å². The third-order valence-corrected chi connectivity index (χ3v) is 3.05. The van der Waals surface area contributed by atoms with E-state index in [0.29, 0.717) is 13.1 Å². The number of nitrogens with one attached hydrogen (secondary N) is 1. The van der Waals surface area contributed by atoms with E-state index in [1.807, 2.05) is 13.0 Å². The second-order valence-electron chi connectivity index (χ2n) is 3.61. The van der Waals surface area contributed by atoms with Crippen molar-refractivity contribution >= 4 is 9.84 Å². The molecule has 0 amide bonds. The van der Waals surface area contributed by atoms with Crippen molar-refractivity contribution in [2.45, 2.75) is 13.5 Å². The van der Waals surface area contributed by atoms with Gasteiger partial charge in [-0.3, -0.25) is 4.98 Å². The standard InChI is InChI=1S/C10H16N2O2S/c1-9-7-11-4-3-10(9)8-12-5-6-15(2,13)14/h3-4,7,12H,5-6,8H2,1-2H3. The molecule has 5 heteroatoms. The van der Waals surface area contributed by atoms with Crippen LogP contribution in [0.3, 0.4) is 0 Å². The number of hydrogen-bond donors (Lipinski definition) is 1. The van der Waals surface area contributed by atoms with Crippen LogP contribution < -0.4 is 5.32 Å². The van der Waals surface area contributed by atoms with E-state index in [1.165, 1.54) is 6.26 Å². The fraction of sp³-hybridized carbons (Fsp3) is 0.500. The van der Waals surface area contributed by atoms with Crippen LogP contribution in [0.1, 0.15) is 11.1 Å². The second-order valence-corrected chi connectivity index (χ2v) is 5.87. The van der Waals surface area contributed by atoms with Gasteiger partial charge < -0.3 is 5.32 Å². The molecule has 1 aromatic heterocycles. The zero-order valence-electron chi connectivity index (χ0n) is 9.03. The molecule has 0 aliphatic heterocycles. The smallest absolute Gasteiger partial charge is 0.148 e. The normalized spacial score (nSPS) is 11.6. The molecule has 0 saturated heterocycles. The molecule has 0 fully saturated rings. The lowest BCUT2D eigenvalue weighted by atomic mass is 10.1. The summed E-state index contributed by atoms with van der Waals surface area (Å²) in [6, 6.07) is 1.93. The Bertz CT molecular complexity index is 415. The number of sulfone groups is 1. The molecule has 0 aromatic carbocycles. The molecule has 1 aromatic rings. The van der Waals surface area contributed by atoms with Gasteiger partial charge in [0.2, 0.25) is 0 Å². The Kier molecular flexibility index (Phi) is 4.23. The summed E-state index contributed by atoms with van der Waals surface area (Å²) >= 11 is 0. The Morgan fingerprint density at radius 2 is 2.20 bits per heavy atom. The van der Waals surface area contributed by atoms with E-state index in [9.17, 15) is 8.42 Å². The van der Waals surface area contributed by atoms with Crippen molar-refractivity contribution in [1.82, 2.24) is 10.3 Å². The summed E-state index contributed by atoms with van der Waals surface area (Å²) in [5.74, 6) is 0.178. The lowest BCUT2D eigenvalue weighted by Crippen LogP contribution is -2.22. The minimum Gasteiger partial charge on any atom is -0.312 e. The predicted octanol–water partition coefficient (Wildman–Crippen LogP) is 0.524. The fourth-order valence-electron chi connectivity index (χ4n) is 1.18. The molecule has 0 bridgehead atoms. The summed E-state index contributed by atoms with van der Waals surface area (Å²) in [7, 11) is -2.86. The number of nitrogens with zero attached hydrogens (tertiary/aromatic N) is 1. The molecule has 1 N–H and O–H groups in total. The van der Waals surface area contributed by atoms with Gasteiger partial charge >= 0.3 is 0 Å². The van der Waals surface area contributed by atoms with Gasteiger partial charge in [-0.25, -0.2) is 8.42 Å². The minimum atomic E-state index is -2.86. The van der Waals surface area contributed by atoms with E-state index in [1.54, 1.807) is 12.4 Å². The van der Waals surface area contributed by atoms with Gasteiger partial charge in [-0.2, -0.15) is 0 Å². The fourth-order valence-corrected chi connectivity index (χ4v) is 1.70. The number of pyridine rings is 1. The Balaban J connectivity index is 2.36. The van der Waals surface area contributed by atoms with Gasteiger partial charge in [0.1, 0.15) is 9.84 Å². The molecule has 1 rings (SSSR count). The summed E-state index contributed by atoms with van der Waals surface area (Å²) in [6.07, 6.45) is 4.78. The Hall–Kier alpha value is -0.940. The van der Waals surface area contributed by atoms with Gasteiger partial charge in [-0.15, -0.1) is 0 Å². The first-order valence-corrected chi connectivity index (χ1v) is 6.83. The summed E-state index contributed by atoms with van der Waals surface area (Å²) in [4.78, 5) is 3.99. The molecule has 0 atom stereocenters. The molecule has 0 saturated carbocycles. The molecule has 0 spiro atoms. The highest BCUT2D eigenvalue weighted by molar-refractivity contribution is 7.90. The van der Waals surface area contributed by atoms with Crippen molar-refractivity contribution in [3.05, 3.63) is 29.6 Å². The van der Waals surface area contributed by atoms with Crippen LogP contribution >= 0.6 is 0 Å². The molecule has 15 heavy (non-hydrogen) atoms. The molecule has 0 aliphatic rings. The first-order valence-electron chi connectivity index (χ1n) is 4.77. The van der Waals surface area contributed by atoms with Crippen LogP contribution in [-0.4, -0.2) is 32.0 Å². The first-order chi connectivity index (χ1) is 6.99. The topological polar surface area (TPSA) is 59.1 Å². The lowest BCUT2D eigenvalue weighted by molar-refractivity contribution is 0.596.